The van der Waals surface area contributed by atoms with E-state index in [2.05, 4.69) is 5.32 Å². The Hall–Kier alpha value is -3.12. The molecule has 6 nitrogen and oxygen atoms in total. The number of ether oxygens (including phenoxy) is 1. The minimum Gasteiger partial charge on any atom is -0.439 e. The van der Waals surface area contributed by atoms with Gasteiger partial charge < -0.3 is 10.1 Å². The van der Waals surface area contributed by atoms with Crippen molar-refractivity contribution in [3.05, 3.63) is 76.8 Å². The summed E-state index contributed by atoms with van der Waals surface area (Å²) in [7, 11) is 0. The van der Waals surface area contributed by atoms with Gasteiger partial charge in [-0.15, -0.1) is 0 Å². The summed E-state index contributed by atoms with van der Waals surface area (Å²) in [6.45, 7) is -0.284. The zero-order chi connectivity index (χ0) is 19.2. The minimum atomic E-state index is -0.707. The fourth-order valence-corrected chi connectivity index (χ4v) is 2.85. The lowest BCUT2D eigenvalue weighted by Crippen LogP contribution is -2.40. The Labute approximate surface area is 161 Å². The Morgan fingerprint density at radius 2 is 1.85 bits per heavy atom. The summed E-state index contributed by atoms with van der Waals surface area (Å²) < 4.78 is 4.73. The summed E-state index contributed by atoms with van der Waals surface area (Å²) in [6.07, 6.45) is 2.26. The van der Waals surface area contributed by atoms with Crippen molar-refractivity contribution in [3.63, 3.8) is 0 Å². The van der Waals surface area contributed by atoms with Crippen LogP contribution >= 0.6 is 11.6 Å². The summed E-state index contributed by atoms with van der Waals surface area (Å²) in [6, 6.07) is 15.7. The molecule has 1 atom stereocenters. The highest BCUT2D eigenvalue weighted by atomic mass is 35.5. The van der Waals surface area contributed by atoms with Crippen LogP contribution in [0.4, 0.5) is 4.79 Å². The number of halogens is 1. The summed E-state index contributed by atoms with van der Waals surface area (Å²) in [5, 5.41) is 3.35. The van der Waals surface area contributed by atoms with E-state index in [0.717, 1.165) is 10.5 Å². The highest BCUT2D eigenvalue weighted by Crippen LogP contribution is 2.18. The van der Waals surface area contributed by atoms with E-state index in [1.165, 1.54) is 6.08 Å². The second kappa shape index (κ2) is 8.51. The van der Waals surface area contributed by atoms with Crippen LogP contribution in [0.1, 0.15) is 17.2 Å². The molecule has 0 radical (unpaired) electrons. The van der Waals surface area contributed by atoms with E-state index >= 15 is 0 Å². The number of nitrogens with one attached hydrogen (secondary N) is 1. The summed E-state index contributed by atoms with van der Waals surface area (Å²) in [5.41, 5.74) is 1.48. The Bertz CT molecular complexity index is 867. The first-order valence-electron chi connectivity index (χ1n) is 8.30. The first kappa shape index (κ1) is 18.7. The molecule has 2 aromatic carbocycles. The van der Waals surface area contributed by atoms with Crippen LogP contribution in [-0.4, -0.2) is 36.0 Å². The standard InChI is InChI=1S/C20H17ClN2O4/c21-16-9-5-4-6-14(16)10-11-18(24)22-17(15-7-2-1-3-8-15)12-23-19(25)13-27-20(23)26/h1-11,17H,12-13H2,(H,22,24). The lowest BCUT2D eigenvalue weighted by atomic mass is 10.1. The molecular weight excluding hydrogens is 368 g/mol. The largest absolute Gasteiger partial charge is 0.439 e. The lowest BCUT2D eigenvalue weighted by Gasteiger charge is -2.22. The van der Waals surface area contributed by atoms with Crippen molar-refractivity contribution in [1.82, 2.24) is 10.2 Å². The van der Waals surface area contributed by atoms with Crippen LogP contribution in [-0.2, 0) is 14.3 Å². The zero-order valence-electron chi connectivity index (χ0n) is 14.3. The molecular formula is C20H17ClN2O4. The van der Waals surface area contributed by atoms with Crippen molar-refractivity contribution in [1.29, 1.82) is 0 Å². The molecule has 3 amide bonds. The predicted molar refractivity (Wildman–Crippen MR) is 101 cm³/mol. The average Bonchev–Trinajstić information content (AvgIpc) is 2.99. The van der Waals surface area contributed by atoms with E-state index in [9.17, 15) is 14.4 Å². The van der Waals surface area contributed by atoms with Gasteiger partial charge in [0.05, 0.1) is 12.6 Å². The molecule has 0 bridgehead atoms. The van der Waals surface area contributed by atoms with Gasteiger partial charge >= 0.3 is 6.09 Å². The van der Waals surface area contributed by atoms with Gasteiger partial charge in [0.1, 0.15) is 0 Å². The quantitative estimate of drug-likeness (QED) is 0.776. The van der Waals surface area contributed by atoms with Gasteiger partial charge in [-0.3, -0.25) is 9.59 Å². The number of nitrogens with zero attached hydrogens (tertiary/aromatic N) is 1. The molecule has 1 heterocycles. The van der Waals surface area contributed by atoms with Gasteiger partial charge in [0.2, 0.25) is 5.91 Å². The average molecular weight is 385 g/mol. The Balaban J connectivity index is 1.75. The van der Waals surface area contributed by atoms with E-state index in [-0.39, 0.29) is 19.1 Å². The summed E-state index contributed by atoms with van der Waals surface area (Å²) in [4.78, 5) is 36.9. The molecule has 1 N–H and O–H groups in total. The monoisotopic (exact) mass is 384 g/mol. The first-order chi connectivity index (χ1) is 13.0. The third kappa shape index (κ3) is 4.74. The second-order valence-electron chi connectivity index (χ2n) is 5.89. The number of benzene rings is 2. The van der Waals surface area contributed by atoms with Gasteiger partial charge in [0.15, 0.2) is 6.61 Å². The smallest absolute Gasteiger partial charge is 0.417 e. The molecule has 1 saturated heterocycles. The molecule has 1 unspecified atom stereocenters. The van der Waals surface area contributed by atoms with Crippen LogP contribution in [0.3, 0.4) is 0 Å². The third-order valence-electron chi connectivity index (χ3n) is 4.04. The maximum atomic E-state index is 12.4. The third-order valence-corrected chi connectivity index (χ3v) is 4.39. The van der Waals surface area contributed by atoms with Gasteiger partial charge in [-0.25, -0.2) is 9.69 Å². The zero-order valence-corrected chi connectivity index (χ0v) is 15.1. The molecule has 138 valence electrons. The summed E-state index contributed by atoms with van der Waals surface area (Å²) >= 11 is 6.08. The number of imide groups is 1. The van der Waals surface area contributed by atoms with Crippen LogP contribution in [0, 0.1) is 0 Å². The first-order valence-corrected chi connectivity index (χ1v) is 8.67. The molecule has 1 aliphatic heterocycles. The van der Waals surface area contributed by atoms with Crippen LogP contribution < -0.4 is 5.32 Å². The van der Waals surface area contributed by atoms with Crippen molar-refractivity contribution in [3.8, 4) is 0 Å². The van der Waals surface area contributed by atoms with Gasteiger partial charge in [0, 0.05) is 11.1 Å². The Morgan fingerprint density at radius 1 is 1.15 bits per heavy atom. The Morgan fingerprint density at radius 3 is 2.52 bits per heavy atom. The molecule has 0 aliphatic carbocycles. The predicted octanol–water partition coefficient (Wildman–Crippen LogP) is 3.19. The highest BCUT2D eigenvalue weighted by molar-refractivity contribution is 6.32. The van der Waals surface area contributed by atoms with Crippen molar-refractivity contribution in [2.45, 2.75) is 6.04 Å². The van der Waals surface area contributed by atoms with Crippen molar-refractivity contribution < 1.29 is 19.1 Å². The van der Waals surface area contributed by atoms with E-state index < -0.39 is 18.0 Å². The molecule has 1 fully saturated rings. The van der Waals surface area contributed by atoms with Crippen molar-refractivity contribution >= 4 is 35.6 Å². The maximum Gasteiger partial charge on any atom is 0.417 e. The van der Waals surface area contributed by atoms with Gasteiger partial charge in [-0.05, 0) is 23.3 Å². The molecule has 7 heteroatoms. The SMILES string of the molecule is O=C(C=Cc1ccccc1Cl)NC(CN1C(=O)COC1=O)c1ccccc1. The number of cyclic esters (lactones) is 1. The minimum absolute atomic E-state index is 0.00659. The Kier molecular flexibility index (Phi) is 5.88. The van der Waals surface area contributed by atoms with Crippen molar-refractivity contribution in [2.24, 2.45) is 0 Å². The highest BCUT2D eigenvalue weighted by Gasteiger charge is 2.33. The van der Waals surface area contributed by atoms with Crippen molar-refractivity contribution in [2.75, 3.05) is 13.2 Å². The number of hydrogen-bond donors (Lipinski definition) is 1. The van der Waals surface area contributed by atoms with E-state index in [0.29, 0.717) is 10.6 Å². The van der Waals surface area contributed by atoms with Crippen LogP contribution in [0.25, 0.3) is 6.08 Å². The van der Waals surface area contributed by atoms with Crippen LogP contribution in [0.2, 0.25) is 5.02 Å². The number of carbonyl (C=O) groups excluding carboxylic acids is 3. The van der Waals surface area contributed by atoms with Gasteiger partial charge in [-0.2, -0.15) is 0 Å². The fraction of sp³-hybridized carbons (Fsp3) is 0.150. The molecule has 27 heavy (non-hydrogen) atoms. The normalized spacial score (nSPS) is 15.1. The van der Waals surface area contributed by atoms with Gasteiger partial charge in [-0.1, -0.05) is 60.1 Å². The van der Waals surface area contributed by atoms with Crippen LogP contribution in [0.15, 0.2) is 60.7 Å². The fourth-order valence-electron chi connectivity index (χ4n) is 2.66. The topological polar surface area (TPSA) is 75.7 Å². The number of hydrogen-bond acceptors (Lipinski definition) is 4. The summed E-state index contributed by atoms with van der Waals surface area (Å²) in [5.74, 6) is -0.800. The second-order valence-corrected chi connectivity index (χ2v) is 6.29. The van der Waals surface area contributed by atoms with E-state index in [4.69, 9.17) is 16.3 Å². The lowest BCUT2D eigenvalue weighted by molar-refractivity contribution is -0.126. The van der Waals surface area contributed by atoms with E-state index in [1.807, 2.05) is 36.4 Å². The molecule has 1 aliphatic rings. The molecule has 0 aromatic heterocycles. The number of carbonyl (C=O) groups is 3. The molecule has 3 rings (SSSR count). The number of amides is 3. The van der Waals surface area contributed by atoms with Gasteiger partial charge in [0.25, 0.3) is 5.91 Å². The van der Waals surface area contributed by atoms with E-state index in [1.54, 1.807) is 24.3 Å². The van der Waals surface area contributed by atoms with Crippen LogP contribution in [0.5, 0.6) is 0 Å². The maximum absolute atomic E-state index is 12.4. The number of rotatable bonds is 6. The molecule has 0 spiro atoms. The molecule has 2 aromatic rings. The molecule has 0 saturated carbocycles.